The van der Waals surface area contributed by atoms with Crippen LogP contribution in [0.3, 0.4) is 0 Å². The zero-order chi connectivity index (χ0) is 29.6. The highest BCUT2D eigenvalue weighted by molar-refractivity contribution is 7.27. The first-order valence-corrected chi connectivity index (χ1v) is 15.9. The van der Waals surface area contributed by atoms with Gasteiger partial charge in [-0.3, -0.25) is 4.57 Å². The molecular weight excluding hydrogens is 565 g/mol. The van der Waals surface area contributed by atoms with Crippen LogP contribution in [0.15, 0.2) is 133 Å². The van der Waals surface area contributed by atoms with Crippen molar-refractivity contribution in [1.82, 2.24) is 14.5 Å². The number of para-hydroxylation sites is 1. The quantitative estimate of drug-likeness (QED) is 0.189. The van der Waals surface area contributed by atoms with Gasteiger partial charge in [-0.2, -0.15) is 0 Å². The van der Waals surface area contributed by atoms with E-state index in [0.29, 0.717) is 11.4 Å². The van der Waals surface area contributed by atoms with Crippen LogP contribution in [-0.4, -0.2) is 22.4 Å². The van der Waals surface area contributed by atoms with Crippen LogP contribution in [0.4, 0.5) is 0 Å². The SMILES string of the molecule is [B]c1cccc2c(-c3ccccc3)nc(-n3c4ccc5ccccc5c4c4c5ccccc5c5c6ccccc6sc5c43)nc12. The minimum atomic E-state index is 0.614. The van der Waals surface area contributed by atoms with Gasteiger partial charge >= 0.3 is 0 Å². The van der Waals surface area contributed by atoms with Gasteiger partial charge in [0.2, 0.25) is 5.95 Å². The topological polar surface area (TPSA) is 30.7 Å². The fourth-order valence-corrected chi connectivity index (χ4v) is 8.48. The van der Waals surface area contributed by atoms with Crippen molar-refractivity contribution in [2.24, 2.45) is 0 Å². The van der Waals surface area contributed by atoms with Gasteiger partial charge in [0, 0.05) is 37.2 Å². The predicted molar refractivity (Wildman–Crippen MR) is 193 cm³/mol. The van der Waals surface area contributed by atoms with Crippen molar-refractivity contribution in [2.45, 2.75) is 0 Å². The Kier molecular flexibility index (Phi) is 5.11. The summed E-state index contributed by atoms with van der Waals surface area (Å²) in [6.45, 7) is 0. The molecule has 2 radical (unpaired) electrons. The van der Waals surface area contributed by atoms with Crippen LogP contribution in [0.25, 0.3) is 91.6 Å². The Balaban J connectivity index is 1.50. The molecule has 0 fully saturated rings. The van der Waals surface area contributed by atoms with Crippen molar-refractivity contribution in [3.05, 3.63) is 133 Å². The minimum absolute atomic E-state index is 0.614. The van der Waals surface area contributed by atoms with Crippen molar-refractivity contribution < 1.29 is 0 Å². The van der Waals surface area contributed by atoms with Crippen molar-refractivity contribution in [2.75, 3.05) is 0 Å². The van der Waals surface area contributed by atoms with Gasteiger partial charge in [0.15, 0.2) is 0 Å². The molecule has 7 aromatic carbocycles. The Morgan fingerprint density at radius 3 is 2.07 bits per heavy atom. The highest BCUT2D eigenvalue weighted by Crippen LogP contribution is 2.49. The number of aromatic nitrogens is 3. The molecular formula is C40H22BN3S. The van der Waals surface area contributed by atoms with Gasteiger partial charge in [0.1, 0.15) is 7.85 Å². The van der Waals surface area contributed by atoms with E-state index in [0.717, 1.165) is 33.2 Å². The van der Waals surface area contributed by atoms with E-state index in [-0.39, 0.29) is 0 Å². The highest BCUT2D eigenvalue weighted by atomic mass is 32.1. The van der Waals surface area contributed by atoms with Crippen LogP contribution in [0.5, 0.6) is 0 Å². The lowest BCUT2D eigenvalue weighted by Crippen LogP contribution is -2.10. The van der Waals surface area contributed by atoms with Gasteiger partial charge in [-0.25, -0.2) is 9.97 Å². The Morgan fingerprint density at radius 1 is 0.533 bits per heavy atom. The molecule has 0 aliphatic carbocycles. The van der Waals surface area contributed by atoms with Gasteiger partial charge in [-0.05, 0) is 33.7 Å². The van der Waals surface area contributed by atoms with Crippen molar-refractivity contribution in [3.63, 3.8) is 0 Å². The lowest BCUT2D eigenvalue weighted by Gasteiger charge is -2.13. The van der Waals surface area contributed by atoms with Gasteiger partial charge in [0.05, 0.1) is 26.9 Å². The van der Waals surface area contributed by atoms with Crippen molar-refractivity contribution in [1.29, 1.82) is 0 Å². The number of thiophene rings is 1. The number of fused-ring (bicyclic) bond motifs is 13. The summed E-state index contributed by atoms with van der Waals surface area (Å²) in [7, 11) is 6.64. The number of benzene rings is 7. The molecule has 206 valence electrons. The Morgan fingerprint density at radius 2 is 1.22 bits per heavy atom. The molecule has 45 heavy (non-hydrogen) atoms. The normalized spacial score (nSPS) is 12.1. The Labute approximate surface area is 263 Å². The zero-order valence-electron chi connectivity index (χ0n) is 24.0. The van der Waals surface area contributed by atoms with Gasteiger partial charge < -0.3 is 0 Å². The van der Waals surface area contributed by atoms with E-state index in [4.69, 9.17) is 17.8 Å². The fraction of sp³-hybridized carbons (Fsp3) is 0. The zero-order valence-corrected chi connectivity index (χ0v) is 24.8. The van der Waals surface area contributed by atoms with Crippen LogP contribution in [-0.2, 0) is 0 Å². The summed E-state index contributed by atoms with van der Waals surface area (Å²) in [5, 5.41) is 10.8. The lowest BCUT2D eigenvalue weighted by molar-refractivity contribution is 1.02. The molecule has 0 amide bonds. The van der Waals surface area contributed by atoms with E-state index in [1.165, 1.54) is 52.5 Å². The highest BCUT2D eigenvalue weighted by Gasteiger charge is 2.24. The average molecular weight is 588 g/mol. The Hall–Kier alpha value is -5.52. The first-order valence-electron chi connectivity index (χ1n) is 15.1. The maximum absolute atomic E-state index is 6.64. The average Bonchev–Trinajstić information content (AvgIpc) is 3.66. The van der Waals surface area contributed by atoms with Crippen LogP contribution in [0, 0.1) is 0 Å². The molecule has 0 saturated carbocycles. The summed E-state index contributed by atoms with van der Waals surface area (Å²) in [6, 6.07) is 47.0. The first-order chi connectivity index (χ1) is 22.3. The molecule has 0 spiro atoms. The van der Waals surface area contributed by atoms with Crippen molar-refractivity contribution >= 4 is 99.1 Å². The van der Waals surface area contributed by atoms with Crippen LogP contribution in [0.1, 0.15) is 0 Å². The molecule has 0 bridgehead atoms. The summed E-state index contributed by atoms with van der Waals surface area (Å²) in [6.07, 6.45) is 0. The summed E-state index contributed by atoms with van der Waals surface area (Å²) < 4.78 is 4.79. The van der Waals surface area contributed by atoms with Gasteiger partial charge in [-0.15, -0.1) is 11.3 Å². The van der Waals surface area contributed by atoms with E-state index in [2.05, 4.69) is 120 Å². The molecule has 0 atom stereocenters. The molecule has 0 aliphatic heterocycles. The molecule has 3 aromatic heterocycles. The molecule has 0 aliphatic rings. The molecule has 3 nitrogen and oxygen atoms in total. The second-order valence-corrected chi connectivity index (χ2v) is 12.6. The number of hydrogen-bond acceptors (Lipinski definition) is 3. The van der Waals surface area contributed by atoms with E-state index >= 15 is 0 Å². The molecule has 10 aromatic rings. The maximum atomic E-state index is 6.64. The molecule has 0 unspecified atom stereocenters. The van der Waals surface area contributed by atoms with Gasteiger partial charge in [-0.1, -0.05) is 127 Å². The van der Waals surface area contributed by atoms with Crippen LogP contribution < -0.4 is 5.46 Å². The number of nitrogens with zero attached hydrogens (tertiary/aromatic N) is 3. The molecule has 3 heterocycles. The summed E-state index contributed by atoms with van der Waals surface area (Å²) in [4.78, 5) is 10.6. The summed E-state index contributed by atoms with van der Waals surface area (Å²) in [5.41, 5.74) is 5.49. The second-order valence-electron chi connectivity index (χ2n) is 11.6. The number of hydrogen-bond donors (Lipinski definition) is 0. The molecule has 0 N–H and O–H groups in total. The third-order valence-corrected chi connectivity index (χ3v) is 10.3. The van der Waals surface area contributed by atoms with Gasteiger partial charge in [0.25, 0.3) is 0 Å². The lowest BCUT2D eigenvalue weighted by atomic mass is 9.92. The fourth-order valence-electron chi connectivity index (χ4n) is 7.22. The standard InChI is InChI=1S/C40H22BN3S/c41-30-19-10-18-29-36(24-12-2-1-3-13-24)42-40(43-37(29)30)44-31-22-21-23-11-4-5-14-25(23)34(31)35-27-16-7-6-15-26(27)33-28-17-8-9-20-32(28)45-39(33)38(35)44/h1-22H. The van der Waals surface area contributed by atoms with E-state index in [1.54, 1.807) is 0 Å². The van der Waals surface area contributed by atoms with Crippen LogP contribution >= 0.6 is 11.3 Å². The largest absolute Gasteiger partial charge is 0.276 e. The number of rotatable bonds is 2. The summed E-state index contributed by atoms with van der Waals surface area (Å²) in [5.74, 6) is 0.614. The van der Waals surface area contributed by atoms with Crippen LogP contribution in [0.2, 0.25) is 0 Å². The second kappa shape index (κ2) is 9.24. The first kappa shape index (κ1) is 24.9. The van der Waals surface area contributed by atoms with E-state index < -0.39 is 0 Å². The Bertz CT molecular complexity index is 2830. The maximum Gasteiger partial charge on any atom is 0.235 e. The molecule has 0 saturated heterocycles. The predicted octanol–water partition coefficient (Wildman–Crippen LogP) is 9.86. The van der Waals surface area contributed by atoms with Crippen molar-refractivity contribution in [3.8, 4) is 17.2 Å². The van der Waals surface area contributed by atoms with E-state index in [9.17, 15) is 0 Å². The third kappa shape index (κ3) is 3.41. The van der Waals surface area contributed by atoms with E-state index in [1.807, 2.05) is 29.5 Å². The monoisotopic (exact) mass is 587 g/mol. The summed E-state index contributed by atoms with van der Waals surface area (Å²) >= 11 is 1.84. The third-order valence-electron chi connectivity index (χ3n) is 9.13. The molecule has 5 heteroatoms. The molecule has 10 rings (SSSR count). The smallest absolute Gasteiger partial charge is 0.235 e. The minimum Gasteiger partial charge on any atom is -0.276 e.